The molecule has 1 aliphatic heterocycles. The van der Waals surface area contributed by atoms with Gasteiger partial charge in [-0.2, -0.15) is 0 Å². The van der Waals surface area contributed by atoms with Crippen LogP contribution >= 0.6 is 0 Å². The zero-order chi connectivity index (χ0) is 23.7. The molecule has 0 aromatic carbocycles. The molecule has 10 nitrogen and oxygen atoms in total. The van der Waals surface area contributed by atoms with E-state index in [-0.39, 0.29) is 29.9 Å². The van der Waals surface area contributed by atoms with Crippen molar-refractivity contribution in [2.24, 2.45) is 0 Å². The van der Waals surface area contributed by atoms with Gasteiger partial charge in [0.1, 0.15) is 17.6 Å². The summed E-state index contributed by atoms with van der Waals surface area (Å²) in [6.07, 6.45) is 4.75. The van der Waals surface area contributed by atoms with E-state index in [1.54, 1.807) is 6.20 Å². The van der Waals surface area contributed by atoms with E-state index in [0.717, 1.165) is 23.4 Å². The maximum atomic E-state index is 13.9. The number of pyridine rings is 2. The van der Waals surface area contributed by atoms with Gasteiger partial charge in [0.05, 0.1) is 30.2 Å². The number of imidazole rings is 1. The number of nitrogens with one attached hydrogen (secondary N) is 2. The van der Waals surface area contributed by atoms with Crippen LogP contribution in [0.2, 0.25) is 0 Å². The summed E-state index contributed by atoms with van der Waals surface area (Å²) < 4.78 is 21.7. The lowest BCUT2D eigenvalue weighted by Crippen LogP contribution is -2.34. The highest BCUT2D eigenvalue weighted by molar-refractivity contribution is 5.97. The maximum Gasteiger partial charge on any atom is 0.274 e. The van der Waals surface area contributed by atoms with Crippen molar-refractivity contribution in [3.63, 3.8) is 0 Å². The van der Waals surface area contributed by atoms with Gasteiger partial charge in [-0.05, 0) is 31.2 Å². The zero-order valence-electron chi connectivity index (χ0n) is 18.5. The van der Waals surface area contributed by atoms with Gasteiger partial charge in [0, 0.05) is 42.9 Å². The van der Waals surface area contributed by atoms with Crippen molar-refractivity contribution in [2.75, 3.05) is 25.4 Å². The third kappa shape index (κ3) is 4.18. The lowest BCUT2D eigenvalue weighted by molar-refractivity contribution is 0.0252. The topological polar surface area (TPSA) is 132 Å². The van der Waals surface area contributed by atoms with Crippen LogP contribution in [-0.4, -0.2) is 49.9 Å². The van der Waals surface area contributed by atoms with Crippen LogP contribution in [0.5, 0.6) is 0 Å². The van der Waals surface area contributed by atoms with Crippen LogP contribution in [0.3, 0.4) is 0 Å². The Morgan fingerprint density at radius 3 is 3.00 bits per heavy atom. The number of anilines is 1. The molecule has 0 radical (unpaired) electrons. The standard InChI is InChI=1S/C23H23FN8O2/c1-13-9-28-18-5-4-14(12-32(13)18)19-20(17-11-26-7-8-34-17)31-22(25)21(30-19)23(33)29-10-16-15(24)3-2-6-27-16/h2-6,9,12,17,26H,7-8,10-11H2,1H3,(H2,25,31)(H,29,33). The molecule has 0 saturated carbocycles. The smallest absolute Gasteiger partial charge is 0.274 e. The largest absolute Gasteiger partial charge is 0.382 e. The third-order valence-electron chi connectivity index (χ3n) is 5.61. The van der Waals surface area contributed by atoms with Gasteiger partial charge in [-0.1, -0.05) is 0 Å². The number of carbonyl (C=O) groups excluding carboxylic acids is 1. The van der Waals surface area contributed by atoms with Gasteiger partial charge < -0.3 is 25.5 Å². The summed E-state index contributed by atoms with van der Waals surface area (Å²) in [7, 11) is 0. The molecule has 1 unspecified atom stereocenters. The second-order valence-electron chi connectivity index (χ2n) is 7.92. The number of nitrogens with zero attached hydrogens (tertiary/aromatic N) is 5. The van der Waals surface area contributed by atoms with E-state index < -0.39 is 11.7 Å². The number of hydrogen-bond acceptors (Lipinski definition) is 8. The van der Waals surface area contributed by atoms with Crippen molar-refractivity contribution >= 4 is 17.4 Å². The Kier molecular flexibility index (Phi) is 5.86. The van der Waals surface area contributed by atoms with E-state index in [1.807, 2.05) is 29.7 Å². The molecule has 0 spiro atoms. The fourth-order valence-electron chi connectivity index (χ4n) is 3.85. The molecule has 5 heterocycles. The number of ether oxygens (including phenoxy) is 1. The van der Waals surface area contributed by atoms with Gasteiger partial charge in [0.2, 0.25) is 0 Å². The first kappa shape index (κ1) is 21.9. The quantitative estimate of drug-likeness (QED) is 0.409. The van der Waals surface area contributed by atoms with Crippen LogP contribution in [0.4, 0.5) is 10.2 Å². The van der Waals surface area contributed by atoms with E-state index in [2.05, 4.69) is 30.6 Å². The molecule has 5 rings (SSSR count). The maximum absolute atomic E-state index is 13.9. The van der Waals surface area contributed by atoms with Gasteiger partial charge in [-0.15, -0.1) is 0 Å². The second-order valence-corrected chi connectivity index (χ2v) is 7.92. The average molecular weight is 462 g/mol. The summed E-state index contributed by atoms with van der Waals surface area (Å²) >= 11 is 0. The van der Waals surface area contributed by atoms with Gasteiger partial charge in [-0.3, -0.25) is 9.78 Å². The van der Waals surface area contributed by atoms with E-state index in [9.17, 15) is 9.18 Å². The van der Waals surface area contributed by atoms with Gasteiger partial charge in [-0.25, -0.2) is 19.3 Å². The number of aryl methyl sites for hydroxylation is 1. The van der Waals surface area contributed by atoms with E-state index >= 15 is 0 Å². The Morgan fingerprint density at radius 1 is 1.32 bits per heavy atom. The molecule has 4 aromatic heterocycles. The highest BCUT2D eigenvalue weighted by atomic mass is 19.1. The van der Waals surface area contributed by atoms with Crippen molar-refractivity contribution in [3.05, 3.63) is 71.4 Å². The molecule has 1 amide bonds. The Labute approximate surface area is 194 Å². The van der Waals surface area contributed by atoms with Crippen molar-refractivity contribution in [1.82, 2.24) is 35.0 Å². The summed E-state index contributed by atoms with van der Waals surface area (Å²) in [5.74, 6) is -1.12. The number of hydrogen-bond donors (Lipinski definition) is 3. The lowest BCUT2D eigenvalue weighted by atomic mass is 10.1. The number of carbonyl (C=O) groups is 1. The molecule has 4 aromatic rings. The number of rotatable bonds is 5. The highest BCUT2D eigenvalue weighted by Crippen LogP contribution is 2.30. The number of nitrogens with two attached hydrogens (primary N) is 1. The Hall–Kier alpha value is -3.96. The van der Waals surface area contributed by atoms with Crippen LogP contribution in [0.1, 0.15) is 33.7 Å². The monoisotopic (exact) mass is 462 g/mol. The number of morpholine rings is 1. The van der Waals surface area contributed by atoms with Gasteiger partial charge >= 0.3 is 0 Å². The summed E-state index contributed by atoms with van der Waals surface area (Å²) in [5, 5.41) is 5.90. The van der Waals surface area contributed by atoms with E-state index in [1.165, 1.54) is 18.3 Å². The molecule has 0 bridgehead atoms. The fourth-order valence-corrected chi connectivity index (χ4v) is 3.85. The van der Waals surface area contributed by atoms with Crippen LogP contribution < -0.4 is 16.4 Å². The average Bonchev–Trinajstić information content (AvgIpc) is 3.23. The molecular weight excluding hydrogens is 439 g/mol. The first-order valence-corrected chi connectivity index (χ1v) is 10.8. The highest BCUT2D eigenvalue weighted by Gasteiger charge is 2.26. The first-order chi connectivity index (χ1) is 16.5. The SMILES string of the molecule is Cc1cnc2ccc(-c3nc(C(=O)NCc4ncccc4F)c(N)nc3C3CNCCO3)cn12. The number of amides is 1. The minimum atomic E-state index is -0.578. The minimum absolute atomic E-state index is 0.0354. The van der Waals surface area contributed by atoms with Crippen molar-refractivity contribution < 1.29 is 13.9 Å². The minimum Gasteiger partial charge on any atom is -0.382 e. The lowest BCUT2D eigenvalue weighted by Gasteiger charge is -2.25. The summed E-state index contributed by atoms with van der Waals surface area (Å²) in [6, 6.07) is 6.50. The summed E-state index contributed by atoms with van der Waals surface area (Å²) in [5.41, 5.74) is 9.70. The molecule has 1 fully saturated rings. The molecule has 1 saturated heterocycles. The Morgan fingerprint density at radius 2 is 2.21 bits per heavy atom. The van der Waals surface area contributed by atoms with Crippen LogP contribution in [0.25, 0.3) is 16.9 Å². The Balaban J connectivity index is 1.54. The fraction of sp³-hybridized carbons (Fsp3) is 0.261. The molecule has 34 heavy (non-hydrogen) atoms. The normalized spacial score (nSPS) is 16.0. The third-order valence-corrected chi connectivity index (χ3v) is 5.61. The molecule has 0 aliphatic carbocycles. The molecule has 174 valence electrons. The number of nitrogen functional groups attached to an aromatic ring is 1. The molecule has 4 N–H and O–H groups in total. The van der Waals surface area contributed by atoms with Crippen LogP contribution in [0.15, 0.2) is 42.9 Å². The predicted molar refractivity (Wildman–Crippen MR) is 122 cm³/mol. The van der Waals surface area contributed by atoms with Gasteiger partial charge in [0.15, 0.2) is 11.5 Å². The van der Waals surface area contributed by atoms with Crippen molar-refractivity contribution in [3.8, 4) is 11.3 Å². The predicted octanol–water partition coefficient (Wildman–Crippen LogP) is 1.81. The van der Waals surface area contributed by atoms with Crippen molar-refractivity contribution in [1.29, 1.82) is 0 Å². The molecule has 1 aliphatic rings. The number of fused-ring (bicyclic) bond motifs is 1. The molecule has 1 atom stereocenters. The summed E-state index contributed by atoms with van der Waals surface area (Å²) in [4.78, 5) is 30.4. The molecule has 11 heteroatoms. The van der Waals surface area contributed by atoms with Crippen LogP contribution in [0, 0.1) is 12.7 Å². The van der Waals surface area contributed by atoms with Crippen molar-refractivity contribution in [2.45, 2.75) is 19.6 Å². The zero-order valence-corrected chi connectivity index (χ0v) is 18.5. The van der Waals surface area contributed by atoms with E-state index in [0.29, 0.717) is 24.5 Å². The van der Waals surface area contributed by atoms with Gasteiger partial charge in [0.25, 0.3) is 5.91 Å². The number of aromatic nitrogens is 5. The summed E-state index contributed by atoms with van der Waals surface area (Å²) in [6.45, 7) is 3.63. The van der Waals surface area contributed by atoms with E-state index in [4.69, 9.17) is 10.5 Å². The molecular formula is C23H23FN8O2. The first-order valence-electron chi connectivity index (χ1n) is 10.8. The Bertz CT molecular complexity index is 1370. The van der Waals surface area contributed by atoms with Crippen LogP contribution in [-0.2, 0) is 11.3 Å². The second kappa shape index (κ2) is 9.12. The number of halogens is 1.